The van der Waals surface area contributed by atoms with E-state index in [-0.39, 0.29) is 0 Å². The standard InChI is InChI=1S/C13H15BrN2O2S2/c1-9-3-4-10(14)7-11(9)16-20(17,18)13-5-6-19-12(13)8-15-2/h3-7,15-16H,8H2,1-2H3. The van der Waals surface area contributed by atoms with Crippen LogP contribution < -0.4 is 10.0 Å². The second kappa shape index (κ2) is 6.26. The Balaban J connectivity index is 2.36. The SMILES string of the molecule is CNCc1sccc1S(=O)(=O)Nc1cc(Br)ccc1C. The van der Waals surface area contributed by atoms with Gasteiger partial charge in [-0.05, 0) is 43.1 Å². The van der Waals surface area contributed by atoms with Crippen LogP contribution in [-0.2, 0) is 16.6 Å². The topological polar surface area (TPSA) is 58.2 Å². The van der Waals surface area contributed by atoms with Crippen LogP contribution in [0.4, 0.5) is 5.69 Å². The lowest BCUT2D eigenvalue weighted by atomic mass is 10.2. The minimum Gasteiger partial charge on any atom is -0.315 e. The van der Waals surface area contributed by atoms with Crippen molar-refractivity contribution in [1.82, 2.24) is 5.32 Å². The van der Waals surface area contributed by atoms with Crippen LogP contribution in [0.1, 0.15) is 10.4 Å². The molecule has 0 aliphatic rings. The van der Waals surface area contributed by atoms with Gasteiger partial charge in [-0.2, -0.15) is 0 Å². The highest BCUT2D eigenvalue weighted by molar-refractivity contribution is 9.10. The van der Waals surface area contributed by atoms with Gasteiger partial charge in [0, 0.05) is 15.9 Å². The first-order valence-electron chi connectivity index (χ1n) is 5.94. The van der Waals surface area contributed by atoms with Gasteiger partial charge in [-0.3, -0.25) is 4.72 Å². The molecular weight excluding hydrogens is 360 g/mol. The van der Waals surface area contributed by atoms with Crippen LogP contribution in [-0.4, -0.2) is 15.5 Å². The molecule has 0 atom stereocenters. The molecule has 108 valence electrons. The number of halogens is 1. The van der Waals surface area contributed by atoms with E-state index < -0.39 is 10.0 Å². The first-order chi connectivity index (χ1) is 9.44. The number of nitrogens with one attached hydrogen (secondary N) is 2. The van der Waals surface area contributed by atoms with E-state index in [1.807, 2.05) is 19.1 Å². The molecule has 0 saturated carbocycles. The monoisotopic (exact) mass is 374 g/mol. The van der Waals surface area contributed by atoms with E-state index in [0.717, 1.165) is 14.9 Å². The maximum atomic E-state index is 12.5. The van der Waals surface area contributed by atoms with Crippen LogP contribution in [0.15, 0.2) is 39.0 Å². The number of anilines is 1. The van der Waals surface area contributed by atoms with Gasteiger partial charge >= 0.3 is 0 Å². The molecule has 0 saturated heterocycles. The third-order valence-electron chi connectivity index (χ3n) is 2.78. The summed E-state index contributed by atoms with van der Waals surface area (Å²) in [5, 5.41) is 4.76. The average molecular weight is 375 g/mol. The van der Waals surface area contributed by atoms with Crippen molar-refractivity contribution in [3.05, 3.63) is 44.6 Å². The minimum atomic E-state index is -3.56. The number of rotatable bonds is 5. The van der Waals surface area contributed by atoms with Crippen LogP contribution in [0.3, 0.4) is 0 Å². The molecule has 0 amide bonds. The van der Waals surface area contributed by atoms with E-state index in [1.165, 1.54) is 11.3 Å². The summed E-state index contributed by atoms with van der Waals surface area (Å²) in [7, 11) is -1.77. The summed E-state index contributed by atoms with van der Waals surface area (Å²) in [6.07, 6.45) is 0. The van der Waals surface area contributed by atoms with Crippen LogP contribution in [0, 0.1) is 6.92 Å². The van der Waals surface area contributed by atoms with Crippen molar-refractivity contribution in [1.29, 1.82) is 0 Å². The van der Waals surface area contributed by atoms with Crippen molar-refractivity contribution >= 4 is 43.0 Å². The Morgan fingerprint density at radius 3 is 2.75 bits per heavy atom. The maximum Gasteiger partial charge on any atom is 0.263 e. The van der Waals surface area contributed by atoms with Crippen LogP contribution in [0.5, 0.6) is 0 Å². The first kappa shape index (κ1) is 15.5. The van der Waals surface area contributed by atoms with Gasteiger partial charge in [0.25, 0.3) is 10.0 Å². The summed E-state index contributed by atoms with van der Waals surface area (Å²) in [6, 6.07) is 7.14. The molecule has 0 aliphatic carbocycles. The van der Waals surface area contributed by atoms with E-state index in [1.54, 1.807) is 24.6 Å². The zero-order chi connectivity index (χ0) is 14.8. The number of aryl methyl sites for hydroxylation is 1. The van der Waals surface area contributed by atoms with Gasteiger partial charge in [-0.1, -0.05) is 22.0 Å². The van der Waals surface area contributed by atoms with Gasteiger partial charge in [0.1, 0.15) is 4.90 Å². The molecule has 20 heavy (non-hydrogen) atoms. The summed E-state index contributed by atoms with van der Waals surface area (Å²) >= 11 is 4.78. The summed E-state index contributed by atoms with van der Waals surface area (Å²) in [6.45, 7) is 2.40. The highest BCUT2D eigenvalue weighted by Gasteiger charge is 2.20. The Labute approximate surface area is 131 Å². The lowest BCUT2D eigenvalue weighted by Gasteiger charge is -2.11. The first-order valence-corrected chi connectivity index (χ1v) is 9.09. The fourth-order valence-corrected chi connectivity index (χ4v) is 4.70. The van der Waals surface area contributed by atoms with Gasteiger partial charge in [-0.25, -0.2) is 8.42 Å². The van der Waals surface area contributed by atoms with Crippen molar-refractivity contribution in [2.24, 2.45) is 0 Å². The lowest BCUT2D eigenvalue weighted by molar-refractivity contribution is 0.600. The van der Waals surface area contributed by atoms with Crippen molar-refractivity contribution in [2.45, 2.75) is 18.4 Å². The molecular formula is C13H15BrN2O2S2. The lowest BCUT2D eigenvalue weighted by Crippen LogP contribution is -2.16. The van der Waals surface area contributed by atoms with E-state index in [0.29, 0.717) is 17.1 Å². The molecule has 0 aliphatic heterocycles. The van der Waals surface area contributed by atoms with Gasteiger partial charge < -0.3 is 5.32 Å². The Bertz CT molecular complexity index is 711. The zero-order valence-electron chi connectivity index (χ0n) is 11.1. The molecule has 0 bridgehead atoms. The molecule has 4 nitrogen and oxygen atoms in total. The third-order valence-corrected chi connectivity index (χ3v) is 5.77. The zero-order valence-corrected chi connectivity index (χ0v) is 14.3. The van der Waals surface area contributed by atoms with Crippen molar-refractivity contribution in [3.63, 3.8) is 0 Å². The smallest absolute Gasteiger partial charge is 0.263 e. The predicted octanol–water partition coefficient (Wildman–Crippen LogP) is 3.34. The van der Waals surface area contributed by atoms with Crippen LogP contribution in [0.25, 0.3) is 0 Å². The molecule has 1 heterocycles. The largest absolute Gasteiger partial charge is 0.315 e. The highest BCUT2D eigenvalue weighted by Crippen LogP contribution is 2.27. The van der Waals surface area contributed by atoms with Gasteiger partial charge in [0.15, 0.2) is 0 Å². The molecule has 7 heteroatoms. The van der Waals surface area contributed by atoms with Crippen molar-refractivity contribution in [2.75, 3.05) is 11.8 Å². The minimum absolute atomic E-state index is 0.330. The molecule has 1 aromatic carbocycles. The molecule has 2 aromatic rings. The number of sulfonamides is 1. The molecule has 0 unspecified atom stereocenters. The van der Waals surface area contributed by atoms with E-state index in [4.69, 9.17) is 0 Å². The summed E-state index contributed by atoms with van der Waals surface area (Å²) in [5.74, 6) is 0. The van der Waals surface area contributed by atoms with E-state index in [9.17, 15) is 8.42 Å². The fourth-order valence-electron chi connectivity index (χ4n) is 1.76. The van der Waals surface area contributed by atoms with Crippen LogP contribution in [0.2, 0.25) is 0 Å². The number of hydrogen-bond acceptors (Lipinski definition) is 4. The number of thiophene rings is 1. The highest BCUT2D eigenvalue weighted by atomic mass is 79.9. The quantitative estimate of drug-likeness (QED) is 0.843. The Hall–Kier alpha value is -0.890. The summed E-state index contributed by atoms with van der Waals surface area (Å²) in [4.78, 5) is 1.13. The van der Waals surface area contributed by atoms with Crippen LogP contribution >= 0.6 is 27.3 Å². The second-order valence-electron chi connectivity index (χ2n) is 4.30. The Morgan fingerprint density at radius 2 is 2.05 bits per heavy atom. The Morgan fingerprint density at radius 1 is 1.30 bits per heavy atom. The molecule has 2 rings (SSSR count). The summed E-state index contributed by atoms with van der Waals surface area (Å²) in [5.41, 5.74) is 1.46. The molecule has 2 N–H and O–H groups in total. The number of benzene rings is 1. The third kappa shape index (κ3) is 3.41. The van der Waals surface area contributed by atoms with Gasteiger partial charge in [0.05, 0.1) is 5.69 Å². The van der Waals surface area contributed by atoms with Crippen molar-refractivity contribution < 1.29 is 8.42 Å². The fraction of sp³-hybridized carbons (Fsp3) is 0.231. The maximum absolute atomic E-state index is 12.5. The molecule has 0 spiro atoms. The average Bonchev–Trinajstić information content (AvgIpc) is 2.83. The van der Waals surface area contributed by atoms with E-state index in [2.05, 4.69) is 26.0 Å². The van der Waals surface area contributed by atoms with Gasteiger partial charge in [0.2, 0.25) is 0 Å². The molecule has 0 fully saturated rings. The Kier molecular flexibility index (Phi) is 4.85. The number of hydrogen-bond donors (Lipinski definition) is 2. The predicted molar refractivity (Wildman–Crippen MR) is 86.8 cm³/mol. The van der Waals surface area contributed by atoms with Gasteiger partial charge in [-0.15, -0.1) is 11.3 Å². The normalized spacial score (nSPS) is 11.6. The van der Waals surface area contributed by atoms with E-state index >= 15 is 0 Å². The summed E-state index contributed by atoms with van der Waals surface area (Å²) < 4.78 is 28.4. The second-order valence-corrected chi connectivity index (χ2v) is 7.87. The van der Waals surface area contributed by atoms with Crippen molar-refractivity contribution in [3.8, 4) is 0 Å². The molecule has 1 aromatic heterocycles. The molecule has 0 radical (unpaired) electrons.